The van der Waals surface area contributed by atoms with Crippen molar-refractivity contribution in [3.05, 3.63) is 24.3 Å². The highest BCUT2D eigenvalue weighted by atomic mass is 35.5. The molecule has 1 amide bonds. The van der Waals surface area contributed by atoms with Gasteiger partial charge < -0.3 is 9.46 Å². The number of benzene rings is 1. The van der Waals surface area contributed by atoms with Crippen molar-refractivity contribution in [2.75, 3.05) is 30.7 Å². The van der Waals surface area contributed by atoms with Crippen LogP contribution in [0.15, 0.2) is 24.3 Å². The summed E-state index contributed by atoms with van der Waals surface area (Å²) in [5.41, 5.74) is 0.781. The van der Waals surface area contributed by atoms with Gasteiger partial charge in [0.15, 0.2) is 0 Å². The van der Waals surface area contributed by atoms with Crippen molar-refractivity contribution in [2.45, 2.75) is 6.42 Å². The molecule has 98 valence electrons. The van der Waals surface area contributed by atoms with Crippen LogP contribution in [0.4, 0.5) is 5.69 Å². The van der Waals surface area contributed by atoms with Gasteiger partial charge in [0.25, 0.3) is 0 Å². The molecule has 1 aliphatic rings. The Morgan fingerprint density at radius 3 is 2.61 bits per heavy atom. The summed E-state index contributed by atoms with van der Waals surface area (Å²) in [6.45, 7) is 4.08. The van der Waals surface area contributed by atoms with Gasteiger partial charge in [0.1, 0.15) is 7.14 Å². The Balaban J connectivity index is 2.40. The van der Waals surface area contributed by atoms with Crippen LogP contribution < -0.4 is 10.2 Å². The lowest BCUT2D eigenvalue weighted by Crippen LogP contribution is -2.29. The van der Waals surface area contributed by atoms with E-state index in [-0.39, 0.29) is 11.8 Å². The summed E-state index contributed by atoms with van der Waals surface area (Å²) in [5.74, 6) is 0.752. The van der Waals surface area contributed by atoms with E-state index in [1.54, 1.807) is 18.2 Å². The number of alkyl halides is 1. The van der Waals surface area contributed by atoms with E-state index in [9.17, 15) is 9.36 Å². The molecule has 0 bridgehead atoms. The molecule has 0 N–H and O–H groups in total. The van der Waals surface area contributed by atoms with Crippen molar-refractivity contribution in [1.29, 1.82) is 0 Å². The van der Waals surface area contributed by atoms with Gasteiger partial charge in [0.05, 0.1) is 5.69 Å². The molecule has 1 saturated heterocycles. The SMILES string of the molecule is CP(C)(=O)c1ccccc1N1CC(CCl)CC1=O. The maximum atomic E-state index is 12.3. The van der Waals surface area contributed by atoms with E-state index < -0.39 is 7.14 Å². The van der Waals surface area contributed by atoms with Crippen LogP contribution in [0.3, 0.4) is 0 Å². The van der Waals surface area contributed by atoms with E-state index in [1.165, 1.54) is 0 Å². The smallest absolute Gasteiger partial charge is 0.227 e. The highest BCUT2D eigenvalue weighted by Gasteiger charge is 2.32. The van der Waals surface area contributed by atoms with Crippen molar-refractivity contribution in [3.63, 3.8) is 0 Å². The van der Waals surface area contributed by atoms with Gasteiger partial charge in [-0.15, -0.1) is 11.6 Å². The molecule has 1 unspecified atom stereocenters. The van der Waals surface area contributed by atoms with Gasteiger partial charge in [-0.05, 0) is 31.4 Å². The van der Waals surface area contributed by atoms with Crippen molar-refractivity contribution in [3.8, 4) is 0 Å². The Bertz CT molecular complexity index is 511. The number of carbonyl (C=O) groups is 1. The minimum absolute atomic E-state index is 0.0709. The van der Waals surface area contributed by atoms with Gasteiger partial charge in [0, 0.05) is 24.2 Å². The summed E-state index contributed by atoms with van der Waals surface area (Å²) in [7, 11) is -2.39. The average molecular weight is 286 g/mol. The lowest BCUT2D eigenvalue weighted by molar-refractivity contribution is -0.117. The van der Waals surface area contributed by atoms with Crippen LogP contribution in [0.1, 0.15) is 6.42 Å². The molecule has 0 aliphatic carbocycles. The zero-order chi connectivity index (χ0) is 13.3. The summed E-state index contributed by atoms with van der Waals surface area (Å²) in [4.78, 5) is 13.7. The van der Waals surface area contributed by atoms with E-state index in [4.69, 9.17) is 11.6 Å². The summed E-state index contributed by atoms with van der Waals surface area (Å²) in [6, 6.07) is 7.44. The zero-order valence-corrected chi connectivity index (χ0v) is 12.2. The van der Waals surface area contributed by atoms with Crippen LogP contribution in [-0.2, 0) is 9.36 Å². The van der Waals surface area contributed by atoms with Gasteiger partial charge in [-0.3, -0.25) is 4.79 Å². The molecule has 0 saturated carbocycles. The number of halogens is 1. The highest BCUT2D eigenvalue weighted by Crippen LogP contribution is 2.39. The minimum Gasteiger partial charge on any atom is -0.319 e. The van der Waals surface area contributed by atoms with E-state index in [2.05, 4.69) is 0 Å². The first-order valence-electron chi connectivity index (χ1n) is 5.94. The van der Waals surface area contributed by atoms with Crippen molar-refractivity contribution in [2.24, 2.45) is 5.92 Å². The molecule has 0 spiro atoms. The van der Waals surface area contributed by atoms with E-state index >= 15 is 0 Å². The lowest BCUT2D eigenvalue weighted by Gasteiger charge is -2.22. The largest absolute Gasteiger partial charge is 0.319 e. The number of para-hydroxylation sites is 1. The second kappa shape index (κ2) is 5.07. The summed E-state index contributed by atoms with van der Waals surface area (Å²) in [5, 5.41) is 0.772. The molecule has 18 heavy (non-hydrogen) atoms. The number of anilines is 1. The molecule has 2 rings (SSSR count). The molecule has 1 atom stereocenters. The number of rotatable bonds is 3. The van der Waals surface area contributed by atoms with E-state index in [0.717, 1.165) is 11.0 Å². The van der Waals surface area contributed by atoms with Crippen molar-refractivity contribution >= 4 is 35.6 Å². The van der Waals surface area contributed by atoms with Crippen LogP contribution in [0.5, 0.6) is 0 Å². The molecule has 3 nitrogen and oxygen atoms in total. The first-order valence-corrected chi connectivity index (χ1v) is 9.08. The van der Waals surface area contributed by atoms with Gasteiger partial charge in [0.2, 0.25) is 5.91 Å². The molecule has 1 fully saturated rings. The minimum atomic E-state index is -2.39. The fourth-order valence-electron chi connectivity index (χ4n) is 2.27. The molecule has 0 aromatic heterocycles. The first-order chi connectivity index (χ1) is 8.43. The summed E-state index contributed by atoms with van der Waals surface area (Å²) >= 11 is 5.82. The topological polar surface area (TPSA) is 37.4 Å². The summed E-state index contributed by atoms with van der Waals surface area (Å²) < 4.78 is 12.3. The van der Waals surface area contributed by atoms with Crippen LogP contribution in [0.25, 0.3) is 0 Å². The van der Waals surface area contributed by atoms with Crippen molar-refractivity contribution in [1.82, 2.24) is 0 Å². The Morgan fingerprint density at radius 2 is 2.06 bits per heavy atom. The molecule has 1 aliphatic heterocycles. The Morgan fingerprint density at radius 1 is 1.39 bits per heavy atom. The predicted molar refractivity (Wildman–Crippen MR) is 76.7 cm³/mol. The normalized spacial score (nSPS) is 20.5. The quantitative estimate of drug-likeness (QED) is 0.632. The average Bonchev–Trinajstić information content (AvgIpc) is 2.69. The van der Waals surface area contributed by atoms with Gasteiger partial charge in [-0.1, -0.05) is 12.1 Å². The third-order valence-corrected chi connectivity index (χ3v) is 5.15. The van der Waals surface area contributed by atoms with E-state index in [1.807, 2.05) is 24.3 Å². The maximum absolute atomic E-state index is 12.3. The Hall–Kier alpha value is -0.790. The molecule has 1 heterocycles. The molecular formula is C13H17ClNO2P. The first kappa shape index (κ1) is 13.6. The monoisotopic (exact) mass is 285 g/mol. The van der Waals surface area contributed by atoms with Crippen LogP contribution >= 0.6 is 18.7 Å². The fourth-order valence-corrected chi connectivity index (χ4v) is 3.66. The second-order valence-electron chi connectivity index (χ2n) is 5.07. The zero-order valence-electron chi connectivity index (χ0n) is 10.6. The van der Waals surface area contributed by atoms with Gasteiger partial charge >= 0.3 is 0 Å². The standard InChI is InChI=1S/C13H17ClNO2P/c1-18(2,17)12-6-4-3-5-11(12)15-9-10(8-14)7-13(15)16/h3-6,10H,7-9H2,1-2H3. The Kier molecular flexibility index (Phi) is 3.84. The second-order valence-corrected chi connectivity index (χ2v) is 8.56. The van der Waals surface area contributed by atoms with Crippen molar-refractivity contribution < 1.29 is 9.36 Å². The molecule has 1 aromatic carbocycles. The fraction of sp³-hybridized carbons (Fsp3) is 0.462. The molecule has 0 radical (unpaired) electrons. The third kappa shape index (κ3) is 2.62. The van der Waals surface area contributed by atoms with Gasteiger partial charge in [-0.25, -0.2) is 0 Å². The summed E-state index contributed by atoms with van der Waals surface area (Å²) in [6.07, 6.45) is 0.482. The molecule has 1 aromatic rings. The number of amides is 1. The molecular weight excluding hydrogens is 269 g/mol. The van der Waals surface area contributed by atoms with Crippen LogP contribution in [0, 0.1) is 5.92 Å². The number of carbonyl (C=O) groups excluding carboxylic acids is 1. The number of hydrogen-bond acceptors (Lipinski definition) is 2. The van der Waals surface area contributed by atoms with Crippen LogP contribution in [0.2, 0.25) is 0 Å². The van der Waals surface area contributed by atoms with Crippen LogP contribution in [-0.4, -0.2) is 31.7 Å². The number of hydrogen-bond donors (Lipinski definition) is 0. The third-order valence-electron chi connectivity index (χ3n) is 3.18. The maximum Gasteiger partial charge on any atom is 0.227 e. The van der Waals surface area contributed by atoms with E-state index in [0.29, 0.717) is 18.8 Å². The number of nitrogens with zero attached hydrogens (tertiary/aromatic N) is 1. The Labute approximate surface area is 112 Å². The lowest BCUT2D eigenvalue weighted by atomic mass is 10.1. The molecule has 5 heteroatoms. The highest BCUT2D eigenvalue weighted by molar-refractivity contribution is 7.70. The predicted octanol–water partition coefficient (Wildman–Crippen LogP) is 2.53. The van der Waals surface area contributed by atoms with Gasteiger partial charge in [-0.2, -0.15) is 0 Å².